The summed E-state index contributed by atoms with van der Waals surface area (Å²) in [5, 5.41) is 3.46. The number of aryl methyl sites for hydroxylation is 1. The zero-order valence-electron chi connectivity index (χ0n) is 13.6. The van der Waals surface area contributed by atoms with E-state index in [2.05, 4.69) is 5.32 Å². The number of benzene rings is 2. The molecule has 3 aromatic rings. The molecule has 2 aromatic carbocycles. The molecule has 3 rings (SSSR count). The summed E-state index contributed by atoms with van der Waals surface area (Å²) in [6, 6.07) is 14.3. The van der Waals surface area contributed by atoms with Crippen molar-refractivity contribution in [2.75, 3.05) is 12.4 Å². The van der Waals surface area contributed by atoms with Gasteiger partial charge in [-0.05, 0) is 43.3 Å². The van der Waals surface area contributed by atoms with Gasteiger partial charge >= 0.3 is 0 Å². The van der Waals surface area contributed by atoms with E-state index in [1.165, 1.54) is 6.07 Å². The highest BCUT2D eigenvalue weighted by atomic mass is 16.5. The number of carbonyl (C=O) groups excluding carboxylic acids is 1. The van der Waals surface area contributed by atoms with E-state index < -0.39 is 0 Å². The Balaban J connectivity index is 1.82. The van der Waals surface area contributed by atoms with Gasteiger partial charge in [0.05, 0.1) is 12.6 Å². The Labute approximate surface area is 139 Å². The lowest BCUT2D eigenvalue weighted by Gasteiger charge is -2.12. The minimum absolute atomic E-state index is 0.0412. The average Bonchev–Trinajstić information content (AvgIpc) is 2.58. The van der Waals surface area contributed by atoms with Crippen LogP contribution < -0.4 is 15.5 Å². The maximum Gasteiger partial charge on any atom is 0.244 e. The first kappa shape index (κ1) is 15.8. The number of carbonyl (C=O) groups is 1. The molecule has 1 aromatic heterocycles. The third-order valence-corrected chi connectivity index (χ3v) is 3.82. The number of methoxy groups -OCH3 is 1. The number of pyridine rings is 1. The third kappa shape index (κ3) is 3.30. The summed E-state index contributed by atoms with van der Waals surface area (Å²) >= 11 is 0. The van der Waals surface area contributed by atoms with Gasteiger partial charge in [0.15, 0.2) is 5.43 Å². The van der Waals surface area contributed by atoms with Crippen molar-refractivity contribution in [2.24, 2.45) is 0 Å². The summed E-state index contributed by atoms with van der Waals surface area (Å²) in [6.07, 6.45) is 1.65. The predicted molar refractivity (Wildman–Crippen MR) is 94.6 cm³/mol. The van der Waals surface area contributed by atoms with Crippen LogP contribution in [0.4, 0.5) is 5.69 Å². The average molecular weight is 322 g/mol. The predicted octanol–water partition coefficient (Wildman–Crippen LogP) is 2.96. The van der Waals surface area contributed by atoms with Crippen molar-refractivity contribution in [1.29, 1.82) is 0 Å². The molecule has 0 aliphatic carbocycles. The van der Waals surface area contributed by atoms with Crippen LogP contribution in [0.2, 0.25) is 0 Å². The van der Waals surface area contributed by atoms with Crippen LogP contribution in [-0.4, -0.2) is 17.6 Å². The fourth-order valence-corrected chi connectivity index (χ4v) is 2.59. The first-order chi connectivity index (χ1) is 11.6. The number of ether oxygens (including phenoxy) is 1. The number of rotatable bonds is 4. The van der Waals surface area contributed by atoms with E-state index in [0.29, 0.717) is 11.1 Å². The Kier molecular flexibility index (Phi) is 4.33. The molecule has 0 radical (unpaired) electrons. The highest BCUT2D eigenvalue weighted by molar-refractivity contribution is 5.91. The van der Waals surface area contributed by atoms with E-state index in [4.69, 9.17) is 4.74 Å². The highest BCUT2D eigenvalue weighted by Crippen LogP contribution is 2.16. The fourth-order valence-electron chi connectivity index (χ4n) is 2.59. The molecule has 0 fully saturated rings. The minimum Gasteiger partial charge on any atom is -0.497 e. The molecular formula is C19H18N2O3. The van der Waals surface area contributed by atoms with Crippen molar-refractivity contribution in [3.05, 3.63) is 70.5 Å². The van der Waals surface area contributed by atoms with Crippen molar-refractivity contribution in [3.8, 4) is 5.75 Å². The Morgan fingerprint density at radius 1 is 1.12 bits per heavy atom. The second kappa shape index (κ2) is 6.58. The third-order valence-electron chi connectivity index (χ3n) is 3.82. The molecule has 0 unspecified atom stereocenters. The Bertz CT molecular complexity index is 943. The van der Waals surface area contributed by atoms with Crippen LogP contribution in [0.25, 0.3) is 10.9 Å². The molecule has 1 amide bonds. The fraction of sp³-hybridized carbons (Fsp3) is 0.158. The SMILES string of the molecule is COc1ccc(NC(=O)Cn2ccc(=O)c3cc(C)ccc32)cc1. The molecule has 0 aliphatic heterocycles. The van der Waals surface area contributed by atoms with Crippen LogP contribution in [0.1, 0.15) is 5.56 Å². The molecule has 122 valence electrons. The van der Waals surface area contributed by atoms with Crippen LogP contribution in [0.5, 0.6) is 5.75 Å². The number of nitrogens with zero attached hydrogens (tertiary/aromatic N) is 1. The quantitative estimate of drug-likeness (QED) is 0.803. The maximum atomic E-state index is 12.3. The molecule has 0 atom stereocenters. The van der Waals surface area contributed by atoms with Crippen LogP contribution in [-0.2, 0) is 11.3 Å². The van der Waals surface area contributed by atoms with Gasteiger partial charge in [-0.15, -0.1) is 0 Å². The molecule has 0 saturated heterocycles. The molecule has 5 heteroatoms. The summed E-state index contributed by atoms with van der Waals surface area (Å²) < 4.78 is 6.87. The molecule has 24 heavy (non-hydrogen) atoms. The van der Waals surface area contributed by atoms with Gasteiger partial charge in [-0.2, -0.15) is 0 Å². The first-order valence-corrected chi connectivity index (χ1v) is 7.60. The number of hydrogen-bond acceptors (Lipinski definition) is 3. The number of anilines is 1. The van der Waals surface area contributed by atoms with E-state index >= 15 is 0 Å². The number of nitrogens with one attached hydrogen (secondary N) is 1. The molecule has 0 saturated carbocycles. The summed E-state index contributed by atoms with van der Waals surface area (Å²) in [4.78, 5) is 24.3. The monoisotopic (exact) mass is 322 g/mol. The van der Waals surface area contributed by atoms with Gasteiger partial charge in [-0.1, -0.05) is 11.6 Å². The van der Waals surface area contributed by atoms with Crippen LogP contribution in [0.15, 0.2) is 59.5 Å². The van der Waals surface area contributed by atoms with Crippen LogP contribution in [0.3, 0.4) is 0 Å². The zero-order chi connectivity index (χ0) is 17.1. The number of hydrogen-bond donors (Lipinski definition) is 1. The smallest absolute Gasteiger partial charge is 0.244 e. The normalized spacial score (nSPS) is 10.6. The first-order valence-electron chi connectivity index (χ1n) is 7.60. The molecule has 1 heterocycles. The van der Waals surface area contributed by atoms with Gasteiger partial charge in [0.1, 0.15) is 12.3 Å². The van der Waals surface area contributed by atoms with Gasteiger partial charge < -0.3 is 14.6 Å². The summed E-state index contributed by atoms with van der Waals surface area (Å²) in [5.41, 5.74) is 2.42. The van der Waals surface area contributed by atoms with Gasteiger partial charge in [-0.3, -0.25) is 9.59 Å². The second-order valence-corrected chi connectivity index (χ2v) is 5.61. The van der Waals surface area contributed by atoms with Crippen LogP contribution in [0, 0.1) is 6.92 Å². The maximum absolute atomic E-state index is 12.3. The van der Waals surface area contributed by atoms with E-state index in [1.807, 2.05) is 25.1 Å². The molecule has 1 N–H and O–H groups in total. The summed E-state index contributed by atoms with van der Waals surface area (Å²) in [7, 11) is 1.59. The summed E-state index contributed by atoms with van der Waals surface area (Å²) in [6.45, 7) is 2.07. The van der Waals surface area contributed by atoms with Gasteiger partial charge in [-0.25, -0.2) is 0 Å². The highest BCUT2D eigenvalue weighted by Gasteiger charge is 2.08. The minimum atomic E-state index is -0.161. The Hall–Kier alpha value is -3.08. The van der Waals surface area contributed by atoms with E-state index in [9.17, 15) is 9.59 Å². The van der Waals surface area contributed by atoms with Crippen LogP contribution >= 0.6 is 0 Å². The van der Waals surface area contributed by atoms with Crippen molar-refractivity contribution < 1.29 is 9.53 Å². The van der Waals surface area contributed by atoms with Crippen molar-refractivity contribution in [3.63, 3.8) is 0 Å². The molecular weight excluding hydrogens is 304 g/mol. The molecule has 0 bridgehead atoms. The van der Waals surface area contributed by atoms with Crippen molar-refractivity contribution in [2.45, 2.75) is 13.5 Å². The topological polar surface area (TPSA) is 60.3 Å². The van der Waals surface area contributed by atoms with E-state index in [-0.39, 0.29) is 17.9 Å². The standard InChI is InChI=1S/C19H18N2O3/c1-13-3-8-17-16(11-13)18(22)9-10-21(17)12-19(23)20-14-4-6-15(24-2)7-5-14/h3-11H,12H2,1-2H3,(H,20,23). The van der Waals surface area contributed by atoms with E-state index in [1.54, 1.807) is 42.1 Å². The lowest BCUT2D eigenvalue weighted by molar-refractivity contribution is -0.116. The zero-order valence-corrected chi connectivity index (χ0v) is 13.6. The van der Waals surface area contributed by atoms with E-state index in [0.717, 1.165) is 16.8 Å². The number of aromatic nitrogens is 1. The van der Waals surface area contributed by atoms with Crippen molar-refractivity contribution >= 4 is 22.5 Å². The number of fused-ring (bicyclic) bond motifs is 1. The van der Waals surface area contributed by atoms with Gasteiger partial charge in [0, 0.05) is 23.3 Å². The largest absolute Gasteiger partial charge is 0.497 e. The molecule has 0 aliphatic rings. The molecule has 0 spiro atoms. The lowest BCUT2D eigenvalue weighted by atomic mass is 10.1. The summed E-state index contributed by atoms with van der Waals surface area (Å²) in [5.74, 6) is 0.570. The molecule has 5 nitrogen and oxygen atoms in total. The van der Waals surface area contributed by atoms with Crippen molar-refractivity contribution in [1.82, 2.24) is 4.57 Å². The second-order valence-electron chi connectivity index (χ2n) is 5.61. The van der Waals surface area contributed by atoms with Gasteiger partial charge in [0.2, 0.25) is 5.91 Å². The van der Waals surface area contributed by atoms with Gasteiger partial charge in [0.25, 0.3) is 0 Å². The lowest BCUT2D eigenvalue weighted by Crippen LogP contribution is -2.20. The Morgan fingerprint density at radius 3 is 2.58 bits per heavy atom. The number of amides is 1. The Morgan fingerprint density at radius 2 is 1.88 bits per heavy atom.